The van der Waals surface area contributed by atoms with Gasteiger partial charge in [-0.1, -0.05) is 43.7 Å². The molecule has 1 aromatic carbocycles. The van der Waals surface area contributed by atoms with Crippen LogP contribution in [0.3, 0.4) is 0 Å². The molecule has 1 amide bonds. The summed E-state index contributed by atoms with van der Waals surface area (Å²) in [4.78, 5) is 40.6. The number of ether oxygens (including phenoxy) is 5. The molecule has 0 spiro atoms. The van der Waals surface area contributed by atoms with Crippen LogP contribution in [-0.4, -0.2) is 77.0 Å². The standard InChI is InChI=1S/C45H61NO9/c1-42(2,3)54-38(48)18-16-31(25-47)46-40(49)28-22-35(39-36(23-28)52-45(55-39,29-12-13-29)30-14-15-30)51-41(50)32-10-8-7-9-26(32)21-27-11-17-37-44(6,53-37)20-19-34-33(27)24-43(34,4)5/h7-10,21,23,29-31,33-37,39,47H,11-20,22,24-25H2,1-6H3,(H,46,49)/t31-,33+,34+,35+,36+,37?,39-,44+/m0/s1. The first-order valence-corrected chi connectivity index (χ1v) is 21.0. The molecule has 55 heavy (non-hydrogen) atoms. The largest absolute Gasteiger partial charge is 0.460 e. The van der Waals surface area contributed by atoms with Gasteiger partial charge < -0.3 is 34.1 Å². The molecular weight excluding hydrogens is 698 g/mol. The Kier molecular flexibility index (Phi) is 10.2. The number of carbonyl (C=O) groups excluding carboxylic acids is 3. The lowest BCUT2D eigenvalue weighted by Gasteiger charge is -2.53. The van der Waals surface area contributed by atoms with Crippen molar-refractivity contribution in [2.75, 3.05) is 6.61 Å². The van der Waals surface area contributed by atoms with E-state index < -0.39 is 47.7 Å². The van der Waals surface area contributed by atoms with Crippen molar-refractivity contribution in [3.63, 3.8) is 0 Å². The molecule has 2 heterocycles. The molecule has 10 nitrogen and oxygen atoms in total. The number of aliphatic hydroxyl groups excluding tert-OH is 1. The van der Waals surface area contributed by atoms with Gasteiger partial charge in [0.05, 0.1) is 29.9 Å². The molecule has 300 valence electrons. The third-order valence-electron chi connectivity index (χ3n) is 13.5. The van der Waals surface area contributed by atoms with Gasteiger partial charge in [0, 0.05) is 30.3 Å². The van der Waals surface area contributed by atoms with Gasteiger partial charge >= 0.3 is 11.9 Å². The third kappa shape index (κ3) is 8.08. The number of epoxide rings is 1. The average Bonchev–Trinajstić information content (AvgIpc) is 4.03. The van der Waals surface area contributed by atoms with Gasteiger partial charge in [-0.25, -0.2) is 4.79 Å². The van der Waals surface area contributed by atoms with Crippen LogP contribution in [0.5, 0.6) is 0 Å². The van der Waals surface area contributed by atoms with Crippen molar-refractivity contribution in [3.8, 4) is 0 Å². The van der Waals surface area contributed by atoms with Gasteiger partial charge in [-0.05, 0) is 127 Å². The Hall–Kier alpha value is -3.05. The van der Waals surface area contributed by atoms with Crippen LogP contribution in [0.4, 0.5) is 0 Å². The zero-order valence-corrected chi connectivity index (χ0v) is 33.6. The number of hydrogen-bond donors (Lipinski definition) is 2. The monoisotopic (exact) mass is 759 g/mol. The summed E-state index contributed by atoms with van der Waals surface area (Å²) in [5.74, 6) is -0.311. The minimum atomic E-state index is -0.760. The Morgan fingerprint density at radius 1 is 1.00 bits per heavy atom. The van der Waals surface area contributed by atoms with E-state index in [1.165, 1.54) is 5.57 Å². The maximum atomic E-state index is 14.3. The normalized spacial score (nSPS) is 34.6. The number of esters is 2. The predicted molar refractivity (Wildman–Crippen MR) is 205 cm³/mol. The van der Waals surface area contributed by atoms with E-state index in [-0.39, 0.29) is 42.8 Å². The second-order valence-electron chi connectivity index (χ2n) is 19.5. The van der Waals surface area contributed by atoms with Crippen molar-refractivity contribution in [1.82, 2.24) is 5.32 Å². The van der Waals surface area contributed by atoms with E-state index in [0.29, 0.717) is 40.9 Å². The average molecular weight is 760 g/mol. The summed E-state index contributed by atoms with van der Waals surface area (Å²) in [6.45, 7) is 12.1. The minimum Gasteiger partial charge on any atom is -0.460 e. The predicted octanol–water partition coefficient (Wildman–Crippen LogP) is 7.22. The Morgan fingerprint density at radius 2 is 1.73 bits per heavy atom. The number of allylic oxidation sites excluding steroid dienone is 1. The lowest BCUT2D eigenvalue weighted by atomic mass is 9.52. The molecule has 0 aromatic heterocycles. The molecule has 0 bridgehead atoms. The molecular formula is C45H61NO9. The Bertz CT molecular complexity index is 1720. The molecule has 1 unspecified atom stereocenters. The highest BCUT2D eigenvalue weighted by Crippen LogP contribution is 2.61. The van der Waals surface area contributed by atoms with Gasteiger partial charge in [0.2, 0.25) is 5.91 Å². The van der Waals surface area contributed by atoms with Gasteiger partial charge in [-0.15, -0.1) is 0 Å². The van der Waals surface area contributed by atoms with Crippen molar-refractivity contribution in [3.05, 3.63) is 52.6 Å². The van der Waals surface area contributed by atoms with Crippen molar-refractivity contribution >= 4 is 23.9 Å². The first kappa shape index (κ1) is 38.8. The second kappa shape index (κ2) is 14.4. The molecule has 8 rings (SSSR count). The summed E-state index contributed by atoms with van der Waals surface area (Å²) in [6, 6.07) is 7.02. The summed E-state index contributed by atoms with van der Waals surface area (Å²) < 4.78 is 31.7. The van der Waals surface area contributed by atoms with Gasteiger partial charge in [0.1, 0.15) is 23.9 Å². The summed E-state index contributed by atoms with van der Waals surface area (Å²) >= 11 is 0. The van der Waals surface area contributed by atoms with Gasteiger partial charge in [-0.3, -0.25) is 9.59 Å². The van der Waals surface area contributed by atoms with Crippen molar-refractivity contribution in [2.45, 2.75) is 166 Å². The SMILES string of the molecule is CC(C)(C)OC(=O)CC[C@@H](CO)NC(=O)C1=C[C@H]2OC(C3CC3)(C3CC3)O[C@H]2[C@H](OC(=O)c2ccccc2C=C2CCC3O[C@]3(C)CC[C@@H]3[C@@H]2CC3(C)C)C1. The first-order valence-electron chi connectivity index (χ1n) is 21.0. The third-order valence-corrected chi connectivity index (χ3v) is 13.5. The van der Waals surface area contributed by atoms with Crippen LogP contribution in [0.1, 0.15) is 135 Å². The highest BCUT2D eigenvalue weighted by atomic mass is 16.8. The Balaban J connectivity index is 1.02. The number of carbonyl (C=O) groups is 3. The van der Waals surface area contributed by atoms with E-state index in [2.05, 4.69) is 32.2 Å². The Morgan fingerprint density at radius 3 is 2.40 bits per heavy atom. The molecule has 7 aliphatic rings. The molecule has 2 saturated heterocycles. The van der Waals surface area contributed by atoms with Gasteiger partial charge in [0.25, 0.3) is 0 Å². The van der Waals surface area contributed by atoms with Crippen LogP contribution in [0.25, 0.3) is 6.08 Å². The van der Waals surface area contributed by atoms with E-state index in [1.54, 1.807) is 20.8 Å². The number of amides is 1. The molecule has 8 atom stereocenters. The summed E-state index contributed by atoms with van der Waals surface area (Å²) in [5, 5.41) is 13.0. The number of hydrogen-bond acceptors (Lipinski definition) is 9. The fourth-order valence-electron chi connectivity index (χ4n) is 10.2. The quantitative estimate of drug-likeness (QED) is 0.177. The Labute approximate surface area is 326 Å². The van der Waals surface area contributed by atoms with Gasteiger partial charge in [-0.2, -0.15) is 0 Å². The van der Waals surface area contributed by atoms with Gasteiger partial charge in [0.15, 0.2) is 5.79 Å². The summed E-state index contributed by atoms with van der Waals surface area (Å²) in [6.07, 6.45) is 12.3. The second-order valence-corrected chi connectivity index (χ2v) is 19.5. The fourth-order valence-corrected chi connectivity index (χ4v) is 10.2. The van der Waals surface area contributed by atoms with E-state index in [1.807, 2.05) is 30.3 Å². The van der Waals surface area contributed by atoms with Crippen LogP contribution < -0.4 is 5.32 Å². The van der Waals surface area contributed by atoms with Crippen molar-refractivity contribution < 1.29 is 43.2 Å². The van der Waals surface area contributed by atoms with Crippen LogP contribution >= 0.6 is 0 Å². The smallest absolute Gasteiger partial charge is 0.339 e. The fraction of sp³-hybridized carbons (Fsp3) is 0.711. The highest BCUT2D eigenvalue weighted by Gasteiger charge is 2.64. The molecule has 6 fully saturated rings. The van der Waals surface area contributed by atoms with Crippen molar-refractivity contribution in [1.29, 1.82) is 0 Å². The topological polar surface area (TPSA) is 133 Å². The molecule has 4 saturated carbocycles. The zero-order chi connectivity index (χ0) is 38.9. The molecule has 2 aliphatic heterocycles. The van der Waals surface area contributed by atoms with Crippen LogP contribution in [0.15, 0.2) is 41.5 Å². The molecule has 2 N–H and O–H groups in total. The zero-order valence-electron chi connectivity index (χ0n) is 33.6. The first-order chi connectivity index (χ1) is 26.1. The lowest BCUT2D eigenvalue weighted by molar-refractivity contribution is -0.209. The number of aliphatic hydroxyl groups is 1. The highest BCUT2D eigenvalue weighted by molar-refractivity contribution is 5.95. The lowest BCUT2D eigenvalue weighted by Crippen LogP contribution is -2.45. The summed E-state index contributed by atoms with van der Waals surface area (Å²) in [7, 11) is 0. The van der Waals surface area contributed by atoms with E-state index in [9.17, 15) is 19.5 Å². The molecule has 0 radical (unpaired) electrons. The maximum absolute atomic E-state index is 14.3. The number of benzene rings is 1. The number of fused-ring (bicyclic) bond motifs is 3. The molecule has 10 heteroatoms. The van der Waals surface area contributed by atoms with E-state index in [0.717, 1.165) is 63.4 Å². The number of nitrogens with one attached hydrogen (secondary N) is 1. The summed E-state index contributed by atoms with van der Waals surface area (Å²) in [5.41, 5.74) is 2.78. The number of rotatable bonds is 11. The minimum absolute atomic E-state index is 0.00282. The van der Waals surface area contributed by atoms with Crippen LogP contribution in [0.2, 0.25) is 0 Å². The van der Waals surface area contributed by atoms with Crippen LogP contribution in [-0.2, 0) is 33.3 Å². The molecule has 1 aromatic rings. The van der Waals surface area contributed by atoms with E-state index in [4.69, 9.17) is 23.7 Å². The van der Waals surface area contributed by atoms with Crippen molar-refractivity contribution in [2.24, 2.45) is 29.1 Å². The maximum Gasteiger partial charge on any atom is 0.339 e. The van der Waals surface area contributed by atoms with E-state index >= 15 is 0 Å². The van der Waals surface area contributed by atoms with Crippen LogP contribution in [0, 0.1) is 29.1 Å². The molecule has 5 aliphatic carbocycles.